The second kappa shape index (κ2) is 7.85. The summed E-state index contributed by atoms with van der Waals surface area (Å²) in [6.45, 7) is -0.391. The molecule has 9 nitrogen and oxygen atoms in total. The number of carbonyl (C=O) groups is 3. The Kier molecular flexibility index (Phi) is 4.93. The lowest BCUT2D eigenvalue weighted by Gasteiger charge is -2.28. The minimum Gasteiger partial charge on any atom is -0.482 e. The number of para-hydroxylation sites is 3. The minimum atomic E-state index is -0.543. The molecule has 1 aromatic heterocycles. The number of rotatable bonds is 4. The van der Waals surface area contributed by atoms with Gasteiger partial charge in [-0.25, -0.2) is 4.68 Å². The molecule has 0 radical (unpaired) electrons. The van der Waals surface area contributed by atoms with Gasteiger partial charge in [0.05, 0.1) is 23.1 Å². The molecule has 0 fully saturated rings. The average molecular weight is 391 g/mol. The van der Waals surface area contributed by atoms with Crippen LogP contribution in [0.5, 0.6) is 5.75 Å². The molecule has 1 aliphatic rings. The van der Waals surface area contributed by atoms with Gasteiger partial charge in [0, 0.05) is 6.20 Å². The first-order valence-corrected chi connectivity index (χ1v) is 8.83. The molecule has 2 aromatic carbocycles. The van der Waals surface area contributed by atoms with Crippen molar-refractivity contribution in [3.63, 3.8) is 0 Å². The Bertz CT molecular complexity index is 1060. The number of nitrogens with one attached hydrogen (secondary N) is 2. The van der Waals surface area contributed by atoms with Crippen molar-refractivity contribution in [2.75, 3.05) is 18.1 Å². The molecule has 0 atom stereocenters. The number of carbonyl (C=O) groups excluding carboxylic acids is 3. The number of fused-ring (bicyclic) bond motifs is 1. The van der Waals surface area contributed by atoms with Gasteiger partial charge in [0.15, 0.2) is 6.61 Å². The van der Waals surface area contributed by atoms with Crippen molar-refractivity contribution in [1.29, 1.82) is 0 Å². The van der Waals surface area contributed by atoms with E-state index in [2.05, 4.69) is 16.0 Å². The quantitative estimate of drug-likeness (QED) is 0.647. The van der Waals surface area contributed by atoms with Gasteiger partial charge in [0.1, 0.15) is 12.3 Å². The van der Waals surface area contributed by atoms with Gasteiger partial charge in [-0.3, -0.25) is 30.1 Å². The van der Waals surface area contributed by atoms with Crippen molar-refractivity contribution in [3.8, 4) is 11.4 Å². The first-order chi connectivity index (χ1) is 14.1. The fourth-order valence-corrected chi connectivity index (χ4v) is 2.87. The minimum absolute atomic E-state index is 0.144. The van der Waals surface area contributed by atoms with Crippen LogP contribution in [-0.2, 0) is 9.59 Å². The molecule has 4 rings (SSSR count). The molecule has 1 aliphatic heterocycles. The van der Waals surface area contributed by atoms with Gasteiger partial charge in [-0.05, 0) is 24.3 Å². The summed E-state index contributed by atoms with van der Waals surface area (Å²) in [6.07, 6.45) is 2.95. The number of aromatic nitrogens is 2. The highest BCUT2D eigenvalue weighted by atomic mass is 16.5. The zero-order valence-electron chi connectivity index (χ0n) is 15.2. The maximum Gasteiger partial charge on any atom is 0.272 e. The summed E-state index contributed by atoms with van der Waals surface area (Å²) in [5, 5.41) is 4.14. The first-order valence-electron chi connectivity index (χ1n) is 8.83. The van der Waals surface area contributed by atoms with Crippen LogP contribution in [0.3, 0.4) is 0 Å². The molecule has 0 saturated heterocycles. The molecule has 0 saturated carbocycles. The lowest BCUT2D eigenvalue weighted by Crippen LogP contribution is -2.49. The highest BCUT2D eigenvalue weighted by Crippen LogP contribution is 2.31. The van der Waals surface area contributed by atoms with Crippen LogP contribution in [0.2, 0.25) is 0 Å². The normalized spacial score (nSPS) is 12.7. The van der Waals surface area contributed by atoms with Crippen LogP contribution in [0.15, 0.2) is 67.0 Å². The Morgan fingerprint density at radius 2 is 1.79 bits per heavy atom. The van der Waals surface area contributed by atoms with Gasteiger partial charge in [-0.1, -0.05) is 30.3 Å². The van der Waals surface area contributed by atoms with E-state index in [1.807, 2.05) is 30.3 Å². The standard InChI is InChI=1S/C20H17N5O4/c26-18(12-24-16-8-4-5-9-17(16)29-13-19(24)27)22-23-20(28)14-10-21-25(11-14)15-6-2-1-3-7-15/h1-11H,12-13H2,(H,22,26)(H,23,28). The molecular weight excluding hydrogens is 374 g/mol. The van der Waals surface area contributed by atoms with E-state index in [-0.39, 0.29) is 24.6 Å². The van der Waals surface area contributed by atoms with E-state index in [9.17, 15) is 14.4 Å². The van der Waals surface area contributed by atoms with Gasteiger partial charge in [0.2, 0.25) is 0 Å². The van der Waals surface area contributed by atoms with Crippen LogP contribution in [0.1, 0.15) is 10.4 Å². The van der Waals surface area contributed by atoms with Gasteiger partial charge < -0.3 is 4.74 Å². The number of benzene rings is 2. The monoisotopic (exact) mass is 391 g/mol. The van der Waals surface area contributed by atoms with E-state index in [0.717, 1.165) is 5.69 Å². The van der Waals surface area contributed by atoms with Gasteiger partial charge in [-0.15, -0.1) is 0 Å². The van der Waals surface area contributed by atoms with E-state index in [0.29, 0.717) is 11.4 Å². The number of hydrazine groups is 1. The molecule has 2 heterocycles. The Labute approximate surface area is 165 Å². The van der Waals surface area contributed by atoms with Crippen molar-refractivity contribution < 1.29 is 19.1 Å². The van der Waals surface area contributed by atoms with Crippen LogP contribution >= 0.6 is 0 Å². The molecule has 0 aliphatic carbocycles. The van der Waals surface area contributed by atoms with Gasteiger partial charge in [0.25, 0.3) is 17.7 Å². The molecule has 9 heteroatoms. The fourth-order valence-electron chi connectivity index (χ4n) is 2.87. The summed E-state index contributed by atoms with van der Waals surface area (Å²) in [7, 11) is 0. The highest BCUT2D eigenvalue weighted by molar-refractivity contribution is 6.02. The topological polar surface area (TPSA) is 106 Å². The number of hydrogen-bond acceptors (Lipinski definition) is 5. The Balaban J connectivity index is 1.36. The number of nitrogens with zero attached hydrogens (tertiary/aromatic N) is 3. The number of anilines is 1. The predicted octanol–water partition coefficient (Wildman–Crippen LogP) is 1.06. The first kappa shape index (κ1) is 18.2. The highest BCUT2D eigenvalue weighted by Gasteiger charge is 2.27. The molecule has 0 bridgehead atoms. The van der Waals surface area contributed by atoms with E-state index in [1.165, 1.54) is 11.1 Å². The molecule has 0 spiro atoms. The van der Waals surface area contributed by atoms with Gasteiger partial charge >= 0.3 is 0 Å². The molecule has 0 unspecified atom stereocenters. The maximum atomic E-state index is 12.3. The second-order valence-electron chi connectivity index (χ2n) is 6.25. The molecule has 29 heavy (non-hydrogen) atoms. The van der Waals surface area contributed by atoms with Crippen molar-refractivity contribution in [3.05, 3.63) is 72.6 Å². The second-order valence-corrected chi connectivity index (χ2v) is 6.25. The summed E-state index contributed by atoms with van der Waals surface area (Å²) in [5.41, 5.74) is 6.24. The Hall–Kier alpha value is -4.14. The summed E-state index contributed by atoms with van der Waals surface area (Å²) in [5.74, 6) is -0.875. The predicted molar refractivity (Wildman–Crippen MR) is 103 cm³/mol. The van der Waals surface area contributed by atoms with E-state index in [1.54, 1.807) is 35.1 Å². The zero-order valence-corrected chi connectivity index (χ0v) is 15.2. The molecule has 2 N–H and O–H groups in total. The molecular formula is C20H17N5O4. The van der Waals surface area contributed by atoms with Gasteiger partial charge in [-0.2, -0.15) is 5.10 Å². The van der Waals surface area contributed by atoms with Crippen molar-refractivity contribution in [2.45, 2.75) is 0 Å². The van der Waals surface area contributed by atoms with Crippen LogP contribution in [-0.4, -0.2) is 40.7 Å². The third-order valence-corrected chi connectivity index (χ3v) is 4.29. The van der Waals surface area contributed by atoms with Crippen molar-refractivity contribution in [1.82, 2.24) is 20.6 Å². The van der Waals surface area contributed by atoms with Crippen molar-refractivity contribution in [2.24, 2.45) is 0 Å². The van der Waals surface area contributed by atoms with Crippen LogP contribution in [0, 0.1) is 0 Å². The summed E-state index contributed by atoms with van der Waals surface area (Å²) >= 11 is 0. The lowest BCUT2D eigenvalue weighted by molar-refractivity contribution is -0.125. The maximum absolute atomic E-state index is 12.3. The summed E-state index contributed by atoms with van der Waals surface area (Å²) < 4.78 is 6.90. The van der Waals surface area contributed by atoms with E-state index >= 15 is 0 Å². The third-order valence-electron chi connectivity index (χ3n) is 4.29. The smallest absolute Gasteiger partial charge is 0.272 e. The largest absolute Gasteiger partial charge is 0.482 e. The Morgan fingerprint density at radius 3 is 2.62 bits per heavy atom. The van der Waals surface area contributed by atoms with Crippen LogP contribution in [0.4, 0.5) is 5.69 Å². The SMILES string of the molecule is O=C(CN1C(=O)COc2ccccc21)NNC(=O)c1cnn(-c2ccccc2)c1. The summed E-state index contributed by atoms with van der Waals surface area (Å²) in [4.78, 5) is 37.9. The van der Waals surface area contributed by atoms with Crippen LogP contribution < -0.4 is 20.5 Å². The fraction of sp³-hybridized carbons (Fsp3) is 0.100. The van der Waals surface area contributed by atoms with Crippen LogP contribution in [0.25, 0.3) is 5.69 Å². The third kappa shape index (κ3) is 3.93. The number of amides is 3. The van der Waals surface area contributed by atoms with Crippen molar-refractivity contribution >= 4 is 23.4 Å². The van der Waals surface area contributed by atoms with E-state index in [4.69, 9.17) is 4.74 Å². The lowest BCUT2D eigenvalue weighted by atomic mass is 10.2. The average Bonchev–Trinajstić information content (AvgIpc) is 3.25. The number of ether oxygens (including phenoxy) is 1. The number of hydrogen-bond donors (Lipinski definition) is 2. The van der Waals surface area contributed by atoms with E-state index < -0.39 is 11.8 Å². The zero-order chi connectivity index (χ0) is 20.2. The summed E-state index contributed by atoms with van der Waals surface area (Å²) in [6, 6.07) is 16.3. The molecule has 3 amide bonds. The molecule has 3 aromatic rings. The Morgan fingerprint density at radius 1 is 1.03 bits per heavy atom. The molecule has 146 valence electrons.